The molecule has 0 heterocycles. The van der Waals surface area contributed by atoms with E-state index in [0.717, 1.165) is 5.92 Å². The average Bonchev–Trinajstić information content (AvgIpc) is 2.85. The molecule has 2 rings (SSSR count). The molecule has 0 aromatic heterocycles. The Kier molecular flexibility index (Phi) is 3.77. The molecule has 2 bridgehead atoms. The van der Waals surface area contributed by atoms with E-state index >= 15 is 0 Å². The van der Waals surface area contributed by atoms with Gasteiger partial charge in [-0.25, -0.2) is 0 Å². The number of hydrogen-bond acceptors (Lipinski definition) is 2. The molecule has 2 aliphatic carbocycles. The second-order valence-electron chi connectivity index (χ2n) is 6.12. The van der Waals surface area contributed by atoms with Crippen LogP contribution in [0.3, 0.4) is 0 Å². The lowest BCUT2D eigenvalue weighted by Gasteiger charge is -2.41. The van der Waals surface area contributed by atoms with Crippen molar-refractivity contribution in [1.29, 1.82) is 0 Å². The first kappa shape index (κ1) is 12.6. The summed E-state index contributed by atoms with van der Waals surface area (Å²) in [6.07, 6.45) is 7.22. The van der Waals surface area contributed by atoms with Crippen molar-refractivity contribution in [3.05, 3.63) is 0 Å². The Balaban J connectivity index is 2.18. The van der Waals surface area contributed by atoms with Gasteiger partial charge in [0.05, 0.1) is 0 Å². The van der Waals surface area contributed by atoms with Gasteiger partial charge in [0, 0.05) is 19.8 Å². The molecule has 16 heavy (non-hydrogen) atoms. The molecule has 0 aromatic carbocycles. The summed E-state index contributed by atoms with van der Waals surface area (Å²) in [5.74, 6) is 1.72. The van der Waals surface area contributed by atoms with Crippen LogP contribution in [-0.4, -0.2) is 23.5 Å². The van der Waals surface area contributed by atoms with Gasteiger partial charge in [-0.2, -0.15) is 0 Å². The van der Waals surface area contributed by atoms with Crippen LogP contribution in [0.1, 0.15) is 46.0 Å². The second-order valence-corrected chi connectivity index (χ2v) is 8.52. The standard InChI is InChI=1S/C13H26O2Si/c1-10(2)12(16(14-3)15-4)13-7-5-11(9-13)6-8-13/h10-12,16H,5-9H2,1-4H3. The van der Waals surface area contributed by atoms with Gasteiger partial charge >= 0.3 is 9.28 Å². The third-order valence-corrected chi connectivity index (χ3v) is 7.97. The molecule has 0 saturated heterocycles. The third kappa shape index (κ3) is 1.98. The van der Waals surface area contributed by atoms with Crippen LogP contribution in [0.4, 0.5) is 0 Å². The van der Waals surface area contributed by atoms with Crippen molar-refractivity contribution < 1.29 is 8.85 Å². The molecular weight excluding hydrogens is 216 g/mol. The van der Waals surface area contributed by atoms with Crippen molar-refractivity contribution >= 4 is 9.28 Å². The predicted molar refractivity (Wildman–Crippen MR) is 68.8 cm³/mol. The second kappa shape index (κ2) is 4.79. The van der Waals surface area contributed by atoms with E-state index < -0.39 is 9.28 Å². The van der Waals surface area contributed by atoms with Crippen LogP contribution in [0.25, 0.3) is 0 Å². The molecule has 1 atom stereocenters. The molecule has 2 aliphatic rings. The summed E-state index contributed by atoms with van der Waals surface area (Å²) in [4.78, 5) is 0. The summed E-state index contributed by atoms with van der Waals surface area (Å²) < 4.78 is 11.4. The Morgan fingerprint density at radius 3 is 2.00 bits per heavy atom. The van der Waals surface area contributed by atoms with E-state index in [1.54, 1.807) is 0 Å². The van der Waals surface area contributed by atoms with E-state index in [-0.39, 0.29) is 0 Å². The maximum absolute atomic E-state index is 5.70. The lowest BCUT2D eigenvalue weighted by Crippen LogP contribution is -2.40. The molecule has 0 radical (unpaired) electrons. The van der Waals surface area contributed by atoms with Crippen LogP contribution in [0.2, 0.25) is 5.54 Å². The van der Waals surface area contributed by atoms with E-state index in [0.29, 0.717) is 16.9 Å². The van der Waals surface area contributed by atoms with Gasteiger partial charge in [0.25, 0.3) is 0 Å². The largest absolute Gasteiger partial charge is 0.400 e. The summed E-state index contributed by atoms with van der Waals surface area (Å²) in [6, 6.07) is 0. The first-order chi connectivity index (χ1) is 7.63. The quantitative estimate of drug-likeness (QED) is 0.690. The molecule has 0 spiro atoms. The smallest absolute Gasteiger partial charge is 0.324 e. The highest BCUT2D eigenvalue weighted by Crippen LogP contribution is 2.62. The highest BCUT2D eigenvalue weighted by molar-refractivity contribution is 6.46. The topological polar surface area (TPSA) is 18.5 Å². The summed E-state index contributed by atoms with van der Waals surface area (Å²) in [6.45, 7) is 4.70. The molecule has 94 valence electrons. The molecule has 0 N–H and O–H groups in total. The molecule has 1 unspecified atom stereocenters. The lowest BCUT2D eigenvalue weighted by molar-refractivity contribution is 0.169. The maximum Gasteiger partial charge on any atom is 0.324 e. The first-order valence-corrected chi connectivity index (χ1v) is 8.29. The van der Waals surface area contributed by atoms with Crippen LogP contribution in [-0.2, 0) is 8.85 Å². The molecule has 2 nitrogen and oxygen atoms in total. The fourth-order valence-electron chi connectivity index (χ4n) is 4.40. The van der Waals surface area contributed by atoms with Gasteiger partial charge in [0.15, 0.2) is 0 Å². The van der Waals surface area contributed by atoms with Gasteiger partial charge in [-0.15, -0.1) is 0 Å². The first-order valence-electron chi connectivity index (χ1n) is 6.68. The number of hydrogen-bond donors (Lipinski definition) is 0. The summed E-state index contributed by atoms with van der Waals surface area (Å²) in [7, 11) is 2.21. The van der Waals surface area contributed by atoms with Gasteiger partial charge in [-0.1, -0.05) is 13.8 Å². The minimum Gasteiger partial charge on any atom is -0.400 e. The zero-order valence-corrected chi connectivity index (χ0v) is 12.3. The van der Waals surface area contributed by atoms with Crippen LogP contribution >= 0.6 is 0 Å². The van der Waals surface area contributed by atoms with E-state index in [2.05, 4.69) is 13.8 Å². The van der Waals surface area contributed by atoms with Crippen molar-refractivity contribution in [3.8, 4) is 0 Å². The molecule has 0 aliphatic heterocycles. The molecule has 3 heteroatoms. The van der Waals surface area contributed by atoms with E-state index in [4.69, 9.17) is 8.85 Å². The summed E-state index contributed by atoms with van der Waals surface area (Å²) in [5.41, 5.74) is 1.29. The fraction of sp³-hybridized carbons (Fsp3) is 1.00. The van der Waals surface area contributed by atoms with Gasteiger partial charge in [-0.05, 0) is 49.4 Å². The van der Waals surface area contributed by atoms with Crippen LogP contribution in [0.5, 0.6) is 0 Å². The Hall–Kier alpha value is 0.137. The van der Waals surface area contributed by atoms with Crippen LogP contribution < -0.4 is 0 Å². The van der Waals surface area contributed by atoms with Crippen molar-refractivity contribution in [2.45, 2.75) is 51.5 Å². The zero-order chi connectivity index (χ0) is 11.8. The predicted octanol–water partition coefficient (Wildman–Crippen LogP) is 3.11. The minimum atomic E-state index is -1.48. The minimum absolute atomic E-state index is 0.585. The Bertz CT molecular complexity index is 230. The van der Waals surface area contributed by atoms with E-state index in [1.165, 1.54) is 32.1 Å². The number of fused-ring (bicyclic) bond motifs is 2. The van der Waals surface area contributed by atoms with Gasteiger partial charge in [0.2, 0.25) is 0 Å². The maximum atomic E-state index is 5.70. The van der Waals surface area contributed by atoms with Crippen molar-refractivity contribution in [3.63, 3.8) is 0 Å². The Labute approximate surface area is 102 Å². The monoisotopic (exact) mass is 242 g/mol. The molecule has 0 aromatic rings. The lowest BCUT2D eigenvalue weighted by atomic mass is 9.77. The molecule has 0 amide bonds. The molecule has 2 saturated carbocycles. The SMILES string of the molecule is CO[SiH](OC)C(C(C)C)C12CCC(CC1)C2. The van der Waals surface area contributed by atoms with Gasteiger partial charge in [-0.3, -0.25) is 0 Å². The van der Waals surface area contributed by atoms with Crippen LogP contribution in [0, 0.1) is 17.3 Å². The van der Waals surface area contributed by atoms with Crippen molar-refractivity contribution in [2.75, 3.05) is 14.2 Å². The van der Waals surface area contributed by atoms with Crippen LogP contribution in [0.15, 0.2) is 0 Å². The van der Waals surface area contributed by atoms with E-state index in [1.807, 2.05) is 14.2 Å². The normalized spacial score (nSPS) is 35.2. The summed E-state index contributed by atoms with van der Waals surface area (Å²) in [5, 5.41) is 0. The fourth-order valence-corrected chi connectivity index (χ4v) is 6.86. The Morgan fingerprint density at radius 2 is 1.69 bits per heavy atom. The summed E-state index contributed by atoms with van der Waals surface area (Å²) >= 11 is 0. The third-order valence-electron chi connectivity index (χ3n) is 4.98. The highest BCUT2D eigenvalue weighted by atomic mass is 28.3. The molecule has 2 fully saturated rings. The Morgan fingerprint density at radius 1 is 1.12 bits per heavy atom. The van der Waals surface area contributed by atoms with Crippen molar-refractivity contribution in [1.82, 2.24) is 0 Å². The average molecular weight is 242 g/mol. The van der Waals surface area contributed by atoms with E-state index in [9.17, 15) is 0 Å². The highest BCUT2D eigenvalue weighted by Gasteiger charge is 2.53. The number of rotatable bonds is 5. The van der Waals surface area contributed by atoms with Gasteiger partial charge in [0.1, 0.15) is 0 Å². The molecular formula is C13H26O2Si. The van der Waals surface area contributed by atoms with Gasteiger partial charge < -0.3 is 8.85 Å². The zero-order valence-electron chi connectivity index (χ0n) is 11.2. The van der Waals surface area contributed by atoms with Crippen molar-refractivity contribution in [2.24, 2.45) is 17.3 Å².